The number of halogens is 1. The van der Waals surface area contributed by atoms with Gasteiger partial charge in [-0.2, -0.15) is 0 Å². The van der Waals surface area contributed by atoms with Crippen molar-refractivity contribution in [2.75, 3.05) is 11.4 Å². The molecule has 2 aliphatic rings. The molecule has 4 heteroatoms. The Morgan fingerprint density at radius 1 is 1.50 bits per heavy atom. The third-order valence-corrected chi connectivity index (χ3v) is 4.18. The first-order chi connectivity index (χ1) is 7.78. The fourth-order valence-electron chi connectivity index (χ4n) is 2.99. The molecule has 0 amide bonds. The first-order valence-corrected chi connectivity index (χ1v) is 6.27. The maximum Gasteiger partial charge on any atom is 0.129 e. The Labute approximate surface area is 101 Å². The van der Waals surface area contributed by atoms with Gasteiger partial charge in [0.15, 0.2) is 0 Å². The summed E-state index contributed by atoms with van der Waals surface area (Å²) in [5.74, 6) is 1.93. The Bertz CT molecular complexity index is 407. The molecule has 1 aliphatic heterocycles. The van der Waals surface area contributed by atoms with Gasteiger partial charge in [0.25, 0.3) is 0 Å². The second-order valence-corrected chi connectivity index (χ2v) is 5.23. The van der Waals surface area contributed by atoms with Gasteiger partial charge in [-0.25, -0.2) is 4.98 Å². The third-order valence-electron chi connectivity index (χ3n) is 3.84. The number of pyridine rings is 1. The van der Waals surface area contributed by atoms with Crippen molar-refractivity contribution < 1.29 is 0 Å². The largest absolute Gasteiger partial charge is 0.353 e. The summed E-state index contributed by atoms with van der Waals surface area (Å²) in [5, 5.41) is 0.676. The van der Waals surface area contributed by atoms with E-state index in [0.717, 1.165) is 23.8 Å². The molecule has 86 valence electrons. The highest BCUT2D eigenvalue weighted by Crippen LogP contribution is 2.39. The highest BCUT2D eigenvalue weighted by atomic mass is 35.5. The lowest BCUT2D eigenvalue weighted by Crippen LogP contribution is -2.32. The van der Waals surface area contributed by atoms with Crippen LogP contribution in [0, 0.1) is 5.92 Å². The lowest BCUT2D eigenvalue weighted by molar-refractivity contribution is 0.550. The van der Waals surface area contributed by atoms with E-state index < -0.39 is 0 Å². The van der Waals surface area contributed by atoms with Crippen LogP contribution in [0.2, 0.25) is 5.02 Å². The third kappa shape index (κ3) is 1.59. The quantitative estimate of drug-likeness (QED) is 0.858. The lowest BCUT2D eigenvalue weighted by Gasteiger charge is -2.28. The van der Waals surface area contributed by atoms with Crippen LogP contribution in [0.5, 0.6) is 0 Å². The number of hydrogen-bond donors (Lipinski definition) is 1. The predicted octanol–water partition coefficient (Wildman–Crippen LogP) is 2.18. The number of nitrogens with two attached hydrogens (primary N) is 1. The molecule has 1 aliphatic carbocycles. The molecule has 1 saturated carbocycles. The number of aromatic nitrogens is 1. The highest BCUT2D eigenvalue weighted by molar-refractivity contribution is 6.31. The van der Waals surface area contributed by atoms with Crippen molar-refractivity contribution in [2.45, 2.75) is 31.8 Å². The fraction of sp³-hybridized carbons (Fsp3) is 0.583. The van der Waals surface area contributed by atoms with E-state index in [1.165, 1.54) is 19.3 Å². The SMILES string of the molecule is NCc1cc(N2CC3CCC2C3)ncc1Cl. The smallest absolute Gasteiger partial charge is 0.129 e. The van der Waals surface area contributed by atoms with Crippen LogP contribution in [-0.2, 0) is 6.54 Å². The van der Waals surface area contributed by atoms with E-state index in [9.17, 15) is 0 Å². The number of piperidine rings is 1. The molecule has 2 unspecified atom stereocenters. The van der Waals surface area contributed by atoms with Gasteiger partial charge in [-0.3, -0.25) is 0 Å². The van der Waals surface area contributed by atoms with Gasteiger partial charge < -0.3 is 10.6 Å². The summed E-state index contributed by atoms with van der Waals surface area (Å²) in [4.78, 5) is 6.85. The minimum Gasteiger partial charge on any atom is -0.353 e. The number of fused-ring (bicyclic) bond motifs is 2. The minimum absolute atomic E-state index is 0.482. The van der Waals surface area contributed by atoms with Crippen molar-refractivity contribution >= 4 is 17.4 Å². The van der Waals surface area contributed by atoms with Gasteiger partial charge in [0.1, 0.15) is 5.82 Å². The van der Waals surface area contributed by atoms with E-state index in [1.807, 2.05) is 6.07 Å². The number of rotatable bonds is 2. The molecule has 16 heavy (non-hydrogen) atoms. The molecule has 0 radical (unpaired) electrons. The van der Waals surface area contributed by atoms with Crippen molar-refractivity contribution in [1.29, 1.82) is 0 Å². The summed E-state index contributed by atoms with van der Waals surface area (Å²) in [6.07, 6.45) is 5.76. The Balaban J connectivity index is 1.89. The number of nitrogens with zero attached hydrogens (tertiary/aromatic N) is 2. The number of anilines is 1. The molecule has 1 aromatic heterocycles. The summed E-state index contributed by atoms with van der Waals surface area (Å²) in [5.41, 5.74) is 6.66. The van der Waals surface area contributed by atoms with Crippen molar-refractivity contribution in [3.05, 3.63) is 22.8 Å². The second-order valence-electron chi connectivity index (χ2n) is 4.82. The van der Waals surface area contributed by atoms with Gasteiger partial charge in [-0.15, -0.1) is 0 Å². The molecular weight excluding hydrogens is 222 g/mol. The molecule has 3 nitrogen and oxygen atoms in total. The average molecular weight is 238 g/mol. The van der Waals surface area contributed by atoms with Crippen LogP contribution < -0.4 is 10.6 Å². The Kier molecular flexibility index (Phi) is 2.52. The Hall–Kier alpha value is -0.800. The van der Waals surface area contributed by atoms with Crippen LogP contribution in [0.25, 0.3) is 0 Å². The van der Waals surface area contributed by atoms with Crippen LogP contribution in [0.4, 0.5) is 5.82 Å². The van der Waals surface area contributed by atoms with Crippen molar-refractivity contribution in [3.8, 4) is 0 Å². The van der Waals surface area contributed by atoms with E-state index in [2.05, 4.69) is 9.88 Å². The molecule has 2 atom stereocenters. The molecule has 0 aromatic carbocycles. The normalized spacial score (nSPS) is 27.8. The Morgan fingerprint density at radius 3 is 3.00 bits per heavy atom. The maximum atomic E-state index is 6.02. The van der Waals surface area contributed by atoms with Crippen LogP contribution in [-0.4, -0.2) is 17.6 Å². The summed E-state index contributed by atoms with van der Waals surface area (Å²) in [6.45, 7) is 1.64. The summed E-state index contributed by atoms with van der Waals surface area (Å²) < 4.78 is 0. The van der Waals surface area contributed by atoms with Crippen LogP contribution in [0.3, 0.4) is 0 Å². The lowest BCUT2D eigenvalue weighted by atomic mass is 10.1. The minimum atomic E-state index is 0.482. The van der Waals surface area contributed by atoms with Gasteiger partial charge in [0.05, 0.1) is 5.02 Å². The molecule has 1 saturated heterocycles. The van der Waals surface area contributed by atoms with Crippen molar-refractivity contribution in [2.24, 2.45) is 11.7 Å². The molecule has 1 aromatic rings. The molecule has 3 rings (SSSR count). The zero-order valence-electron chi connectivity index (χ0n) is 9.19. The van der Waals surface area contributed by atoms with Gasteiger partial charge in [-0.05, 0) is 36.8 Å². The molecule has 2 bridgehead atoms. The maximum absolute atomic E-state index is 6.02. The molecule has 2 N–H and O–H groups in total. The predicted molar refractivity (Wildman–Crippen MR) is 65.6 cm³/mol. The van der Waals surface area contributed by atoms with E-state index in [0.29, 0.717) is 17.6 Å². The van der Waals surface area contributed by atoms with E-state index in [-0.39, 0.29) is 0 Å². The monoisotopic (exact) mass is 237 g/mol. The second kappa shape index (κ2) is 3.90. The highest BCUT2D eigenvalue weighted by Gasteiger charge is 2.38. The average Bonchev–Trinajstić information content (AvgIpc) is 2.91. The van der Waals surface area contributed by atoms with Crippen LogP contribution in [0.1, 0.15) is 24.8 Å². The van der Waals surface area contributed by atoms with Gasteiger partial charge in [-0.1, -0.05) is 11.6 Å². The molecular formula is C12H16ClN3. The first kappa shape index (κ1) is 10.4. The van der Waals surface area contributed by atoms with E-state index in [4.69, 9.17) is 17.3 Å². The molecule has 0 spiro atoms. The summed E-state index contributed by atoms with van der Waals surface area (Å²) >= 11 is 6.02. The fourth-order valence-corrected chi connectivity index (χ4v) is 3.17. The van der Waals surface area contributed by atoms with E-state index in [1.54, 1.807) is 6.20 Å². The van der Waals surface area contributed by atoms with Crippen molar-refractivity contribution in [1.82, 2.24) is 4.98 Å². The summed E-state index contributed by atoms with van der Waals surface area (Å²) in [7, 11) is 0. The van der Waals surface area contributed by atoms with Gasteiger partial charge in [0.2, 0.25) is 0 Å². The molecule has 2 heterocycles. The Morgan fingerprint density at radius 2 is 2.38 bits per heavy atom. The zero-order valence-corrected chi connectivity index (χ0v) is 9.95. The molecule has 2 fully saturated rings. The first-order valence-electron chi connectivity index (χ1n) is 5.89. The van der Waals surface area contributed by atoms with Crippen LogP contribution >= 0.6 is 11.6 Å². The number of hydrogen-bond acceptors (Lipinski definition) is 3. The summed E-state index contributed by atoms with van der Waals surface area (Å²) in [6, 6.07) is 2.74. The van der Waals surface area contributed by atoms with Gasteiger partial charge >= 0.3 is 0 Å². The van der Waals surface area contributed by atoms with Crippen LogP contribution in [0.15, 0.2) is 12.3 Å². The topological polar surface area (TPSA) is 42.1 Å². The van der Waals surface area contributed by atoms with Gasteiger partial charge in [0, 0.05) is 25.3 Å². The van der Waals surface area contributed by atoms with E-state index >= 15 is 0 Å². The standard InChI is InChI=1S/C12H16ClN3/c13-11-6-15-12(4-9(11)5-14)16-7-8-1-2-10(16)3-8/h4,6,8,10H,1-3,5,7,14H2. The zero-order chi connectivity index (χ0) is 11.1. The van der Waals surface area contributed by atoms with Crippen molar-refractivity contribution in [3.63, 3.8) is 0 Å².